The lowest BCUT2D eigenvalue weighted by molar-refractivity contribution is -0.119. The van der Waals surface area contributed by atoms with Gasteiger partial charge in [-0.1, -0.05) is 24.3 Å². The largest absolute Gasteiger partial charge is 0.486 e. The average Bonchev–Trinajstić information content (AvgIpc) is 2.77. The molecule has 1 N–H and O–H groups in total. The average molecular weight is 425 g/mol. The summed E-state index contributed by atoms with van der Waals surface area (Å²) in [5.74, 6) is 1.57. The SMILES string of the molecule is CCn1c(=O)cc(SCC(=O)N[C@H](C)c2ccc3c(c2)OCCO3)c2ccccc21. The van der Waals surface area contributed by atoms with Gasteiger partial charge in [-0.05, 0) is 37.6 Å². The van der Waals surface area contributed by atoms with E-state index in [1.807, 2.05) is 56.3 Å². The fraction of sp³-hybridized carbons (Fsp3) is 0.304. The molecule has 0 unspecified atom stereocenters. The summed E-state index contributed by atoms with van der Waals surface area (Å²) in [6.07, 6.45) is 0. The van der Waals surface area contributed by atoms with Gasteiger partial charge < -0.3 is 19.4 Å². The summed E-state index contributed by atoms with van der Waals surface area (Å²) in [5, 5.41) is 4.00. The van der Waals surface area contributed by atoms with Gasteiger partial charge in [0.1, 0.15) is 13.2 Å². The number of hydrogen-bond donors (Lipinski definition) is 1. The van der Waals surface area contributed by atoms with E-state index in [0.29, 0.717) is 25.5 Å². The third-order valence-electron chi connectivity index (χ3n) is 5.10. The Labute approximate surface area is 179 Å². The van der Waals surface area contributed by atoms with Crippen LogP contribution in [-0.4, -0.2) is 29.4 Å². The number of fused-ring (bicyclic) bond motifs is 2. The van der Waals surface area contributed by atoms with Gasteiger partial charge >= 0.3 is 0 Å². The molecule has 1 aliphatic rings. The number of thioether (sulfide) groups is 1. The quantitative estimate of drug-likeness (QED) is 0.610. The molecule has 6 nitrogen and oxygen atoms in total. The van der Waals surface area contributed by atoms with Gasteiger partial charge in [0.25, 0.3) is 5.56 Å². The van der Waals surface area contributed by atoms with Crippen molar-refractivity contribution in [2.75, 3.05) is 19.0 Å². The lowest BCUT2D eigenvalue weighted by Crippen LogP contribution is -2.28. The van der Waals surface area contributed by atoms with Crippen molar-refractivity contribution in [1.29, 1.82) is 0 Å². The lowest BCUT2D eigenvalue weighted by atomic mass is 10.1. The van der Waals surface area contributed by atoms with Crippen LogP contribution in [0.4, 0.5) is 0 Å². The molecule has 1 aromatic heterocycles. The number of aryl methyl sites for hydroxylation is 1. The van der Waals surface area contributed by atoms with Crippen LogP contribution in [0.15, 0.2) is 58.2 Å². The van der Waals surface area contributed by atoms with Gasteiger partial charge in [0.05, 0.1) is 17.3 Å². The lowest BCUT2D eigenvalue weighted by Gasteiger charge is -2.21. The maximum atomic E-state index is 12.6. The van der Waals surface area contributed by atoms with Gasteiger partial charge in [0.2, 0.25) is 5.91 Å². The van der Waals surface area contributed by atoms with Gasteiger partial charge in [-0.3, -0.25) is 9.59 Å². The molecule has 0 bridgehead atoms. The number of carbonyl (C=O) groups is 1. The molecule has 4 rings (SSSR count). The summed E-state index contributed by atoms with van der Waals surface area (Å²) in [6.45, 7) is 5.57. The van der Waals surface area contributed by atoms with E-state index in [9.17, 15) is 9.59 Å². The summed E-state index contributed by atoms with van der Waals surface area (Å²) >= 11 is 1.38. The van der Waals surface area contributed by atoms with Gasteiger partial charge in [-0.15, -0.1) is 11.8 Å². The highest BCUT2D eigenvalue weighted by molar-refractivity contribution is 8.00. The molecular formula is C23H24N2O4S. The summed E-state index contributed by atoms with van der Waals surface area (Å²) in [4.78, 5) is 25.8. The zero-order chi connectivity index (χ0) is 21.1. The fourth-order valence-corrected chi connectivity index (χ4v) is 4.47. The van der Waals surface area contributed by atoms with E-state index in [4.69, 9.17) is 9.47 Å². The number of hydrogen-bond acceptors (Lipinski definition) is 5. The number of para-hydroxylation sites is 1. The predicted octanol–water partition coefficient (Wildman–Crippen LogP) is 3.76. The minimum absolute atomic E-state index is 0.0521. The first-order valence-corrected chi connectivity index (χ1v) is 11.0. The number of ether oxygens (including phenoxy) is 2. The fourth-order valence-electron chi connectivity index (χ4n) is 3.59. The van der Waals surface area contributed by atoms with Gasteiger partial charge in [0, 0.05) is 22.9 Å². The molecule has 1 atom stereocenters. The number of aromatic nitrogens is 1. The van der Waals surface area contributed by atoms with Gasteiger partial charge in [-0.2, -0.15) is 0 Å². The molecule has 1 aliphatic heterocycles. The number of carbonyl (C=O) groups excluding carboxylic acids is 1. The highest BCUT2D eigenvalue weighted by atomic mass is 32.2. The zero-order valence-electron chi connectivity index (χ0n) is 17.0. The molecule has 0 saturated heterocycles. The molecule has 2 aromatic carbocycles. The standard InChI is InChI=1S/C23H24N2O4S/c1-3-25-18-7-5-4-6-17(18)21(13-23(25)27)30-14-22(26)24-15(2)16-8-9-19-20(12-16)29-11-10-28-19/h4-9,12-13,15H,3,10-11,14H2,1-2H3,(H,24,26)/t15-/m1/s1. The molecule has 0 spiro atoms. The van der Waals surface area contributed by atoms with Crippen LogP contribution in [0, 0.1) is 0 Å². The molecule has 30 heavy (non-hydrogen) atoms. The Hall–Kier alpha value is -2.93. The zero-order valence-corrected chi connectivity index (χ0v) is 17.8. The van der Waals surface area contributed by atoms with Crippen LogP contribution in [0.2, 0.25) is 0 Å². The molecule has 2 heterocycles. The number of nitrogens with zero attached hydrogens (tertiary/aromatic N) is 1. The molecule has 0 fully saturated rings. The molecular weight excluding hydrogens is 400 g/mol. The highest BCUT2D eigenvalue weighted by Crippen LogP contribution is 2.32. The molecule has 0 radical (unpaired) electrons. The Bertz CT molecular complexity index is 1140. The van der Waals surface area contributed by atoms with Crippen molar-refractivity contribution in [3.63, 3.8) is 0 Å². The smallest absolute Gasteiger partial charge is 0.252 e. The maximum absolute atomic E-state index is 12.6. The van der Waals surface area contributed by atoms with E-state index < -0.39 is 0 Å². The Balaban J connectivity index is 1.45. The number of nitrogens with one attached hydrogen (secondary N) is 1. The van der Waals surface area contributed by atoms with E-state index in [1.165, 1.54) is 11.8 Å². The molecule has 0 saturated carbocycles. The second-order valence-corrected chi connectivity index (χ2v) is 8.11. The highest BCUT2D eigenvalue weighted by Gasteiger charge is 2.16. The van der Waals surface area contributed by atoms with Crippen molar-refractivity contribution < 1.29 is 14.3 Å². The number of amides is 1. The van der Waals surface area contributed by atoms with Crippen molar-refractivity contribution in [3.8, 4) is 11.5 Å². The van der Waals surface area contributed by atoms with Crippen LogP contribution in [-0.2, 0) is 11.3 Å². The Morgan fingerprint density at radius 1 is 1.13 bits per heavy atom. The normalized spacial score (nSPS) is 13.8. The maximum Gasteiger partial charge on any atom is 0.252 e. The van der Waals surface area contributed by atoms with Crippen molar-refractivity contribution in [3.05, 3.63) is 64.4 Å². The molecule has 0 aliphatic carbocycles. The molecule has 1 amide bonds. The van der Waals surface area contributed by atoms with E-state index >= 15 is 0 Å². The van der Waals surface area contributed by atoms with Crippen molar-refractivity contribution >= 4 is 28.6 Å². The second-order valence-electron chi connectivity index (χ2n) is 7.09. The minimum Gasteiger partial charge on any atom is -0.486 e. The van der Waals surface area contributed by atoms with Crippen LogP contribution in [0.5, 0.6) is 11.5 Å². The first kappa shape index (κ1) is 20.3. The molecule has 156 valence electrons. The number of benzene rings is 2. The van der Waals surface area contributed by atoms with Crippen LogP contribution in [0.3, 0.4) is 0 Å². The third kappa shape index (κ3) is 4.16. The molecule has 7 heteroatoms. The topological polar surface area (TPSA) is 69.6 Å². The van der Waals surface area contributed by atoms with E-state index in [2.05, 4.69) is 5.32 Å². The number of rotatable bonds is 6. The summed E-state index contributed by atoms with van der Waals surface area (Å²) in [7, 11) is 0. The predicted molar refractivity (Wildman–Crippen MR) is 119 cm³/mol. The minimum atomic E-state index is -0.168. The first-order chi connectivity index (χ1) is 14.6. The third-order valence-corrected chi connectivity index (χ3v) is 6.15. The Morgan fingerprint density at radius 3 is 2.70 bits per heavy atom. The van der Waals surface area contributed by atoms with Gasteiger partial charge in [-0.25, -0.2) is 0 Å². The van der Waals surface area contributed by atoms with E-state index in [-0.39, 0.29) is 23.3 Å². The van der Waals surface area contributed by atoms with Crippen molar-refractivity contribution in [2.24, 2.45) is 0 Å². The summed E-state index contributed by atoms with van der Waals surface area (Å²) in [5.41, 5.74) is 1.79. The van der Waals surface area contributed by atoms with Crippen LogP contribution in [0.1, 0.15) is 25.5 Å². The van der Waals surface area contributed by atoms with E-state index in [1.54, 1.807) is 10.6 Å². The Kier molecular flexibility index (Phi) is 5.99. The van der Waals surface area contributed by atoms with Gasteiger partial charge in [0.15, 0.2) is 11.5 Å². The van der Waals surface area contributed by atoms with Crippen LogP contribution in [0.25, 0.3) is 10.9 Å². The van der Waals surface area contributed by atoms with Crippen molar-refractivity contribution in [1.82, 2.24) is 9.88 Å². The van der Waals surface area contributed by atoms with Crippen LogP contribution >= 0.6 is 11.8 Å². The Morgan fingerprint density at radius 2 is 1.90 bits per heavy atom. The molecule has 3 aromatic rings. The van der Waals surface area contributed by atoms with Crippen LogP contribution < -0.4 is 20.3 Å². The van der Waals surface area contributed by atoms with E-state index in [0.717, 1.165) is 27.1 Å². The van der Waals surface area contributed by atoms with Crippen molar-refractivity contribution in [2.45, 2.75) is 31.3 Å². The first-order valence-electron chi connectivity index (χ1n) is 10.0. The monoisotopic (exact) mass is 424 g/mol. The number of pyridine rings is 1. The summed E-state index contributed by atoms with van der Waals surface area (Å²) < 4.78 is 12.9. The summed E-state index contributed by atoms with van der Waals surface area (Å²) in [6, 6.07) is 15.0. The second kappa shape index (κ2) is 8.83.